The molecule has 2 heterocycles. The summed E-state index contributed by atoms with van der Waals surface area (Å²) >= 11 is 3.34. The van der Waals surface area contributed by atoms with Gasteiger partial charge in [0.15, 0.2) is 5.13 Å². The van der Waals surface area contributed by atoms with E-state index in [1.54, 1.807) is 35.8 Å². The Labute approximate surface area is 115 Å². The van der Waals surface area contributed by atoms with E-state index in [0.29, 0.717) is 6.04 Å². The van der Waals surface area contributed by atoms with E-state index < -0.39 is 6.10 Å². The summed E-state index contributed by atoms with van der Waals surface area (Å²) in [5.74, 6) is 0. The van der Waals surface area contributed by atoms with Crippen molar-refractivity contribution in [3.05, 3.63) is 33.5 Å². The molecular formula is C13H16N2OS2. The second-order valence-corrected chi connectivity index (χ2v) is 6.53. The number of nitrogens with zero attached hydrogens (tertiary/aromatic N) is 2. The summed E-state index contributed by atoms with van der Waals surface area (Å²) in [6.07, 6.45) is 3.90. The predicted molar refractivity (Wildman–Crippen MR) is 76.3 cm³/mol. The second kappa shape index (κ2) is 4.99. The number of thiazole rings is 1. The molecule has 1 aliphatic rings. The van der Waals surface area contributed by atoms with E-state index in [2.05, 4.69) is 26.7 Å². The fourth-order valence-corrected chi connectivity index (χ4v) is 3.50. The molecule has 18 heavy (non-hydrogen) atoms. The molecule has 0 aromatic carbocycles. The van der Waals surface area contributed by atoms with E-state index in [4.69, 9.17) is 0 Å². The van der Waals surface area contributed by atoms with Crippen molar-refractivity contribution < 1.29 is 5.11 Å². The molecule has 0 aliphatic heterocycles. The standard InChI is InChI=1S/C13H16N2OS2/c1-9(16)12-6-14-13(18-12)15(11-2-3-11)7-10-4-5-17-8-10/h4-6,8-9,11,16H,2-3,7H2,1H3. The van der Waals surface area contributed by atoms with Gasteiger partial charge in [0.1, 0.15) is 0 Å². The van der Waals surface area contributed by atoms with Crippen LogP contribution in [-0.4, -0.2) is 16.1 Å². The Bertz CT molecular complexity index is 503. The van der Waals surface area contributed by atoms with E-state index in [1.165, 1.54) is 18.4 Å². The van der Waals surface area contributed by atoms with Gasteiger partial charge < -0.3 is 10.0 Å². The first-order valence-electron chi connectivity index (χ1n) is 6.15. The summed E-state index contributed by atoms with van der Waals surface area (Å²) in [5.41, 5.74) is 1.35. The molecule has 1 N–H and O–H groups in total. The number of aliphatic hydroxyl groups is 1. The van der Waals surface area contributed by atoms with Crippen LogP contribution in [0, 0.1) is 0 Å². The van der Waals surface area contributed by atoms with Crippen LogP contribution in [-0.2, 0) is 6.54 Å². The van der Waals surface area contributed by atoms with Gasteiger partial charge in [-0.1, -0.05) is 11.3 Å². The van der Waals surface area contributed by atoms with E-state index in [-0.39, 0.29) is 0 Å². The normalized spacial score (nSPS) is 16.8. The fourth-order valence-electron chi connectivity index (χ4n) is 1.92. The Kier molecular flexibility index (Phi) is 3.37. The highest BCUT2D eigenvalue weighted by atomic mass is 32.1. The Morgan fingerprint density at radius 1 is 1.56 bits per heavy atom. The van der Waals surface area contributed by atoms with E-state index in [1.807, 2.05) is 0 Å². The summed E-state index contributed by atoms with van der Waals surface area (Å²) in [4.78, 5) is 7.79. The van der Waals surface area contributed by atoms with Crippen LogP contribution < -0.4 is 4.90 Å². The number of rotatable bonds is 5. The Balaban J connectivity index is 1.80. The van der Waals surface area contributed by atoms with Crippen LogP contribution in [0.2, 0.25) is 0 Å². The highest BCUT2D eigenvalue weighted by Gasteiger charge is 2.31. The smallest absolute Gasteiger partial charge is 0.186 e. The molecule has 1 unspecified atom stereocenters. The SMILES string of the molecule is CC(O)c1cnc(N(Cc2ccsc2)C2CC2)s1. The quantitative estimate of drug-likeness (QED) is 0.911. The largest absolute Gasteiger partial charge is 0.388 e. The van der Waals surface area contributed by atoms with Crippen LogP contribution >= 0.6 is 22.7 Å². The Morgan fingerprint density at radius 3 is 2.94 bits per heavy atom. The number of aliphatic hydroxyl groups excluding tert-OH is 1. The molecule has 1 aliphatic carbocycles. The molecule has 0 saturated heterocycles. The molecule has 0 spiro atoms. The van der Waals surface area contributed by atoms with E-state index in [9.17, 15) is 5.11 Å². The average molecular weight is 280 g/mol. The summed E-state index contributed by atoms with van der Waals surface area (Å²) in [5, 5.41) is 14.9. The minimum Gasteiger partial charge on any atom is -0.388 e. The maximum absolute atomic E-state index is 9.58. The Morgan fingerprint density at radius 2 is 2.39 bits per heavy atom. The average Bonchev–Trinajstić information content (AvgIpc) is 2.88. The third kappa shape index (κ3) is 2.58. The molecule has 1 atom stereocenters. The van der Waals surface area contributed by atoms with E-state index >= 15 is 0 Å². The molecule has 1 saturated carbocycles. The van der Waals surface area contributed by atoms with Gasteiger partial charge in [0.2, 0.25) is 0 Å². The van der Waals surface area contributed by atoms with Gasteiger partial charge in [0, 0.05) is 18.8 Å². The van der Waals surface area contributed by atoms with Gasteiger partial charge in [-0.3, -0.25) is 0 Å². The van der Waals surface area contributed by atoms with Crippen molar-refractivity contribution in [1.82, 2.24) is 4.98 Å². The molecule has 96 valence electrons. The van der Waals surface area contributed by atoms with E-state index in [0.717, 1.165) is 16.6 Å². The van der Waals surface area contributed by atoms with Crippen molar-refractivity contribution in [2.45, 2.75) is 38.5 Å². The van der Waals surface area contributed by atoms with Crippen LogP contribution in [0.3, 0.4) is 0 Å². The summed E-state index contributed by atoms with van der Waals surface area (Å²) in [6, 6.07) is 2.81. The molecule has 0 bridgehead atoms. The number of anilines is 1. The lowest BCUT2D eigenvalue weighted by molar-refractivity contribution is 0.203. The number of thiophene rings is 1. The molecule has 3 rings (SSSR count). The van der Waals surface area contributed by atoms with Gasteiger partial charge >= 0.3 is 0 Å². The van der Waals surface area contributed by atoms with Crippen LogP contribution in [0.15, 0.2) is 23.0 Å². The van der Waals surface area contributed by atoms with Gasteiger partial charge in [-0.05, 0) is 42.2 Å². The highest BCUT2D eigenvalue weighted by Crippen LogP contribution is 2.36. The van der Waals surface area contributed by atoms with Gasteiger partial charge in [0.25, 0.3) is 0 Å². The van der Waals surface area contributed by atoms with Gasteiger partial charge in [-0.2, -0.15) is 11.3 Å². The zero-order chi connectivity index (χ0) is 12.5. The molecule has 2 aromatic rings. The zero-order valence-corrected chi connectivity index (χ0v) is 11.9. The highest BCUT2D eigenvalue weighted by molar-refractivity contribution is 7.15. The van der Waals surface area contributed by atoms with Crippen molar-refractivity contribution in [2.75, 3.05) is 4.90 Å². The lowest BCUT2D eigenvalue weighted by Crippen LogP contribution is -2.24. The lowest BCUT2D eigenvalue weighted by Gasteiger charge is -2.20. The first kappa shape index (κ1) is 12.1. The van der Waals surface area contributed by atoms with Crippen molar-refractivity contribution >= 4 is 27.8 Å². The van der Waals surface area contributed by atoms with Crippen LogP contribution in [0.5, 0.6) is 0 Å². The maximum Gasteiger partial charge on any atom is 0.186 e. The van der Waals surface area contributed by atoms with Crippen molar-refractivity contribution in [3.8, 4) is 0 Å². The molecule has 5 heteroatoms. The first-order valence-corrected chi connectivity index (χ1v) is 7.91. The van der Waals surface area contributed by atoms with Crippen LogP contribution in [0.25, 0.3) is 0 Å². The first-order chi connectivity index (χ1) is 8.74. The number of hydrogen-bond donors (Lipinski definition) is 1. The second-order valence-electron chi connectivity index (χ2n) is 4.71. The third-order valence-corrected chi connectivity index (χ3v) is 5.03. The maximum atomic E-state index is 9.58. The van der Waals surface area contributed by atoms with Crippen molar-refractivity contribution in [2.24, 2.45) is 0 Å². The Hall–Kier alpha value is -0.910. The minimum atomic E-state index is -0.418. The van der Waals surface area contributed by atoms with Gasteiger partial charge in [0.05, 0.1) is 11.0 Å². The lowest BCUT2D eigenvalue weighted by atomic mass is 10.3. The van der Waals surface area contributed by atoms with Crippen LogP contribution in [0.4, 0.5) is 5.13 Å². The molecular weight excluding hydrogens is 264 g/mol. The zero-order valence-electron chi connectivity index (χ0n) is 10.2. The van der Waals surface area contributed by atoms with Gasteiger partial charge in [-0.15, -0.1) is 0 Å². The summed E-state index contributed by atoms with van der Waals surface area (Å²) < 4.78 is 0. The molecule has 2 aromatic heterocycles. The molecule has 1 fully saturated rings. The van der Waals surface area contributed by atoms with Gasteiger partial charge in [-0.25, -0.2) is 4.98 Å². The minimum absolute atomic E-state index is 0.418. The number of aromatic nitrogens is 1. The third-order valence-electron chi connectivity index (χ3n) is 3.09. The summed E-state index contributed by atoms with van der Waals surface area (Å²) in [6.45, 7) is 2.72. The van der Waals surface area contributed by atoms with Crippen LogP contribution in [0.1, 0.15) is 36.3 Å². The molecule has 0 amide bonds. The molecule has 0 radical (unpaired) electrons. The predicted octanol–water partition coefficient (Wildman–Crippen LogP) is 3.43. The molecule has 3 nitrogen and oxygen atoms in total. The fraction of sp³-hybridized carbons (Fsp3) is 0.462. The topological polar surface area (TPSA) is 36.4 Å². The van der Waals surface area contributed by atoms with Crippen molar-refractivity contribution in [3.63, 3.8) is 0 Å². The number of hydrogen-bond acceptors (Lipinski definition) is 5. The monoisotopic (exact) mass is 280 g/mol. The summed E-state index contributed by atoms with van der Waals surface area (Å²) in [7, 11) is 0. The van der Waals surface area contributed by atoms with Crippen molar-refractivity contribution in [1.29, 1.82) is 0 Å².